The second-order valence-corrected chi connectivity index (χ2v) is 8.32. The number of furan rings is 1. The first-order valence-corrected chi connectivity index (χ1v) is 11.2. The van der Waals surface area contributed by atoms with Crippen LogP contribution < -0.4 is 0 Å². The predicted molar refractivity (Wildman–Crippen MR) is 125 cm³/mol. The summed E-state index contributed by atoms with van der Waals surface area (Å²) in [6.07, 6.45) is 2.21. The molecule has 1 atom stereocenters. The van der Waals surface area contributed by atoms with Crippen LogP contribution in [0.2, 0.25) is 0 Å². The van der Waals surface area contributed by atoms with Crippen LogP contribution in [0.4, 0.5) is 0 Å². The molecule has 4 aromatic rings. The van der Waals surface area contributed by atoms with E-state index >= 15 is 0 Å². The van der Waals surface area contributed by atoms with Crippen LogP contribution in [0.15, 0.2) is 59.0 Å². The van der Waals surface area contributed by atoms with Crippen molar-refractivity contribution in [3.05, 3.63) is 77.0 Å². The highest BCUT2D eigenvalue weighted by atomic mass is 16.5. The zero-order valence-corrected chi connectivity index (χ0v) is 18.4. The second-order valence-electron chi connectivity index (χ2n) is 8.32. The van der Waals surface area contributed by atoms with E-state index in [2.05, 4.69) is 17.0 Å². The zero-order chi connectivity index (χ0) is 22.2. The molecule has 0 aliphatic carbocycles. The van der Waals surface area contributed by atoms with Gasteiger partial charge in [0.2, 0.25) is 0 Å². The Labute approximate surface area is 187 Å². The van der Waals surface area contributed by atoms with Crippen molar-refractivity contribution in [1.29, 1.82) is 0 Å². The molecule has 2 heterocycles. The Morgan fingerprint density at radius 3 is 2.41 bits per heavy atom. The molecule has 3 aromatic carbocycles. The van der Waals surface area contributed by atoms with Gasteiger partial charge in [-0.3, -0.25) is 4.90 Å². The van der Waals surface area contributed by atoms with Crippen molar-refractivity contribution in [2.75, 3.05) is 19.7 Å². The third-order valence-electron chi connectivity index (χ3n) is 6.41. The maximum atomic E-state index is 13.0. The number of nitrogens with zero attached hydrogens (tertiary/aromatic N) is 1. The Balaban J connectivity index is 1.91. The molecule has 1 N–H and O–H groups in total. The number of hydrogen-bond donors (Lipinski definition) is 1. The SMILES string of the molecule is CCOC(=O)c1c(C)oc2c1c([C@@H](c1ccccc1)N1CCCC1)c(O)c1ccccc12. The van der Waals surface area contributed by atoms with Gasteiger partial charge >= 0.3 is 5.97 Å². The standard InChI is InChI=1S/C27H27NO4/c1-3-31-27(30)21-17(2)32-26-20-14-8-7-13-19(20)25(29)23(22(21)26)24(28-15-9-10-16-28)18-11-5-4-6-12-18/h4-8,11-14,24,29H,3,9-10,15-16H2,1-2H3/t24-/m1/s1. The highest BCUT2D eigenvalue weighted by molar-refractivity contribution is 6.16. The molecule has 0 spiro atoms. The molecular formula is C27H27NO4. The normalized spacial score (nSPS) is 15.4. The number of rotatable bonds is 5. The smallest absolute Gasteiger partial charge is 0.342 e. The summed E-state index contributed by atoms with van der Waals surface area (Å²) in [5, 5.41) is 13.8. The quantitative estimate of drug-likeness (QED) is 0.397. The summed E-state index contributed by atoms with van der Waals surface area (Å²) in [6, 6.07) is 17.6. The number of carbonyl (C=O) groups is 1. The number of phenolic OH excluding ortho intramolecular Hbond substituents is 1. The van der Waals surface area contributed by atoms with Gasteiger partial charge in [0, 0.05) is 21.7 Å². The molecule has 0 saturated carbocycles. The number of benzene rings is 3. The van der Waals surface area contributed by atoms with Crippen LogP contribution in [0.1, 0.15) is 53.1 Å². The lowest BCUT2D eigenvalue weighted by Gasteiger charge is -2.30. The number of aromatic hydroxyl groups is 1. The molecule has 5 nitrogen and oxygen atoms in total. The van der Waals surface area contributed by atoms with Crippen LogP contribution in [0.3, 0.4) is 0 Å². The van der Waals surface area contributed by atoms with Crippen molar-refractivity contribution in [3.63, 3.8) is 0 Å². The van der Waals surface area contributed by atoms with Crippen LogP contribution >= 0.6 is 0 Å². The van der Waals surface area contributed by atoms with Gasteiger partial charge in [0.1, 0.15) is 22.7 Å². The number of phenols is 1. The van der Waals surface area contributed by atoms with Crippen molar-refractivity contribution >= 4 is 27.7 Å². The fraction of sp³-hybridized carbons (Fsp3) is 0.296. The van der Waals surface area contributed by atoms with Crippen molar-refractivity contribution in [1.82, 2.24) is 4.90 Å². The molecule has 0 unspecified atom stereocenters. The summed E-state index contributed by atoms with van der Waals surface area (Å²) in [4.78, 5) is 15.4. The number of aryl methyl sites for hydroxylation is 1. The van der Waals surface area contributed by atoms with Gasteiger partial charge in [-0.1, -0.05) is 54.6 Å². The van der Waals surface area contributed by atoms with Crippen molar-refractivity contribution < 1.29 is 19.1 Å². The van der Waals surface area contributed by atoms with Gasteiger partial charge in [-0.25, -0.2) is 4.79 Å². The number of carbonyl (C=O) groups excluding carboxylic acids is 1. The predicted octanol–water partition coefficient (Wildman–Crippen LogP) is 5.96. The summed E-state index contributed by atoms with van der Waals surface area (Å²) in [5.41, 5.74) is 2.81. The lowest BCUT2D eigenvalue weighted by molar-refractivity contribution is 0.0526. The van der Waals surface area contributed by atoms with E-state index in [9.17, 15) is 9.90 Å². The summed E-state index contributed by atoms with van der Waals surface area (Å²) >= 11 is 0. The van der Waals surface area contributed by atoms with E-state index in [0.717, 1.165) is 42.3 Å². The van der Waals surface area contributed by atoms with E-state index in [4.69, 9.17) is 9.15 Å². The van der Waals surface area contributed by atoms with Crippen LogP contribution in [-0.4, -0.2) is 35.7 Å². The summed E-state index contributed by atoms with van der Waals surface area (Å²) < 4.78 is 11.6. The molecule has 1 aromatic heterocycles. The molecule has 1 fully saturated rings. The van der Waals surface area contributed by atoms with Crippen LogP contribution in [0.5, 0.6) is 5.75 Å². The van der Waals surface area contributed by atoms with Crippen molar-refractivity contribution in [2.24, 2.45) is 0 Å². The van der Waals surface area contributed by atoms with E-state index in [0.29, 0.717) is 27.9 Å². The monoisotopic (exact) mass is 429 g/mol. The second kappa shape index (κ2) is 8.32. The van der Waals surface area contributed by atoms with E-state index < -0.39 is 5.97 Å². The molecule has 0 radical (unpaired) electrons. The fourth-order valence-corrected chi connectivity index (χ4v) is 5.05. The molecule has 1 saturated heterocycles. The van der Waals surface area contributed by atoms with Crippen molar-refractivity contribution in [3.8, 4) is 5.75 Å². The molecule has 32 heavy (non-hydrogen) atoms. The van der Waals surface area contributed by atoms with Crippen LogP contribution in [0, 0.1) is 6.92 Å². The van der Waals surface area contributed by atoms with Gasteiger partial charge in [0.05, 0.1) is 12.6 Å². The van der Waals surface area contributed by atoms with Gasteiger partial charge in [0.15, 0.2) is 0 Å². The average molecular weight is 430 g/mol. The van der Waals surface area contributed by atoms with Crippen LogP contribution in [0.25, 0.3) is 21.7 Å². The van der Waals surface area contributed by atoms with Crippen molar-refractivity contribution in [2.45, 2.75) is 32.7 Å². The highest BCUT2D eigenvalue weighted by Gasteiger charge is 2.34. The summed E-state index contributed by atoms with van der Waals surface area (Å²) in [5.74, 6) is 0.275. The molecule has 0 amide bonds. The molecule has 1 aliphatic rings. The first kappa shape index (κ1) is 20.6. The van der Waals surface area contributed by atoms with Gasteiger partial charge in [-0.15, -0.1) is 0 Å². The molecule has 164 valence electrons. The Morgan fingerprint density at radius 1 is 1.06 bits per heavy atom. The molecule has 1 aliphatic heterocycles. The van der Waals surface area contributed by atoms with Crippen LogP contribution in [-0.2, 0) is 4.74 Å². The average Bonchev–Trinajstić information content (AvgIpc) is 3.45. The Bertz CT molecular complexity index is 1290. The van der Waals surface area contributed by atoms with Gasteiger partial charge in [-0.05, 0) is 45.3 Å². The van der Waals surface area contributed by atoms with E-state index in [1.54, 1.807) is 13.8 Å². The lowest BCUT2D eigenvalue weighted by Crippen LogP contribution is -2.27. The maximum Gasteiger partial charge on any atom is 0.342 e. The highest BCUT2D eigenvalue weighted by Crippen LogP contribution is 2.47. The minimum absolute atomic E-state index is 0.195. The summed E-state index contributed by atoms with van der Waals surface area (Å²) in [6.45, 7) is 5.71. The minimum atomic E-state index is -0.423. The third kappa shape index (κ3) is 3.24. The first-order valence-electron chi connectivity index (χ1n) is 11.2. The van der Waals surface area contributed by atoms with Gasteiger partial charge in [0.25, 0.3) is 0 Å². The van der Waals surface area contributed by atoms with E-state index in [1.807, 2.05) is 42.5 Å². The Morgan fingerprint density at radius 2 is 1.72 bits per heavy atom. The van der Waals surface area contributed by atoms with Gasteiger partial charge in [-0.2, -0.15) is 0 Å². The van der Waals surface area contributed by atoms with E-state index in [-0.39, 0.29) is 18.4 Å². The molecule has 5 rings (SSSR count). The Hall–Kier alpha value is -3.31. The fourth-order valence-electron chi connectivity index (χ4n) is 5.05. The third-order valence-corrected chi connectivity index (χ3v) is 6.41. The maximum absolute atomic E-state index is 13.0. The molecular weight excluding hydrogens is 402 g/mol. The van der Waals surface area contributed by atoms with E-state index in [1.165, 1.54) is 0 Å². The number of esters is 1. The first-order chi connectivity index (χ1) is 15.6. The minimum Gasteiger partial charge on any atom is -0.507 e. The number of hydrogen-bond acceptors (Lipinski definition) is 5. The number of fused-ring (bicyclic) bond motifs is 3. The summed E-state index contributed by atoms with van der Waals surface area (Å²) in [7, 11) is 0. The zero-order valence-electron chi connectivity index (χ0n) is 18.4. The Kier molecular flexibility index (Phi) is 5.35. The molecule has 5 heteroatoms. The number of likely N-dealkylation sites (tertiary alicyclic amines) is 1. The topological polar surface area (TPSA) is 62.9 Å². The lowest BCUT2D eigenvalue weighted by atomic mass is 9.89. The largest absolute Gasteiger partial charge is 0.507 e. The number of ether oxygens (including phenoxy) is 1. The van der Waals surface area contributed by atoms with Gasteiger partial charge < -0.3 is 14.3 Å². The molecule has 0 bridgehead atoms.